The molecule has 0 bridgehead atoms. The van der Waals surface area contributed by atoms with Crippen molar-refractivity contribution in [2.75, 3.05) is 0 Å². The van der Waals surface area contributed by atoms with E-state index >= 15 is 0 Å². The number of aromatic nitrogens is 5. The molecule has 10 nitrogen and oxygen atoms in total. The van der Waals surface area contributed by atoms with Crippen LogP contribution in [0.3, 0.4) is 0 Å². The van der Waals surface area contributed by atoms with Crippen molar-refractivity contribution in [3.63, 3.8) is 0 Å². The van der Waals surface area contributed by atoms with Crippen LogP contribution in [0.15, 0.2) is 74.9 Å². The van der Waals surface area contributed by atoms with Gasteiger partial charge < -0.3 is 9.84 Å². The summed E-state index contributed by atoms with van der Waals surface area (Å²) in [5.74, 6) is -0.794. The number of benzene rings is 2. The summed E-state index contributed by atoms with van der Waals surface area (Å²) in [4.78, 5) is 36.6. The Bertz CT molecular complexity index is 1530. The molecule has 0 aliphatic carbocycles. The van der Waals surface area contributed by atoms with Gasteiger partial charge in [0.1, 0.15) is 23.6 Å². The van der Waals surface area contributed by atoms with E-state index in [2.05, 4.69) is 26.2 Å². The van der Waals surface area contributed by atoms with Gasteiger partial charge in [-0.2, -0.15) is 0 Å². The molecule has 0 atom stereocenters. The molecule has 1 N–H and O–H groups in total. The molecule has 2 heterocycles. The van der Waals surface area contributed by atoms with Crippen molar-refractivity contribution in [2.45, 2.75) is 6.61 Å². The van der Waals surface area contributed by atoms with Crippen LogP contribution in [-0.2, 0) is 20.7 Å². The Labute approximate surface area is 207 Å². The van der Waals surface area contributed by atoms with Gasteiger partial charge in [-0.15, -0.1) is 5.10 Å². The molecule has 11 heteroatoms. The Morgan fingerprint density at radius 1 is 1.06 bits per heavy atom. The molecule has 0 aliphatic heterocycles. The maximum absolute atomic E-state index is 12.5. The molecule has 0 radical (unpaired) electrons. The fourth-order valence-corrected chi connectivity index (χ4v) is 3.49. The molecule has 35 heavy (non-hydrogen) atoms. The third-order valence-corrected chi connectivity index (χ3v) is 5.73. The lowest BCUT2D eigenvalue weighted by Gasteiger charge is -2.08. The van der Waals surface area contributed by atoms with Gasteiger partial charge in [-0.25, -0.2) is 9.48 Å². The van der Waals surface area contributed by atoms with Crippen molar-refractivity contribution >= 4 is 27.8 Å². The molecule has 178 valence electrons. The standard InChI is InChI=1S/C24H20BrN5O5/c1-28-22(32)21(23(33)29(2)24(28)34)20(31)12-5-15-3-10-19(11-4-15)35-14-17-13-30(27-26-17)18-8-6-16(25)7-9-18/h3-13,32H,14H2,1-2H3/b12-5+. The van der Waals surface area contributed by atoms with E-state index in [1.54, 1.807) is 35.1 Å². The molecular formula is C24H20BrN5O5. The minimum absolute atomic E-state index is 0.222. The quantitative estimate of drug-likeness (QED) is 0.284. The fourth-order valence-electron chi connectivity index (χ4n) is 3.22. The van der Waals surface area contributed by atoms with E-state index < -0.39 is 28.5 Å². The lowest BCUT2D eigenvalue weighted by molar-refractivity contribution is 0.104. The predicted octanol–water partition coefficient (Wildman–Crippen LogP) is 2.61. The highest BCUT2D eigenvalue weighted by atomic mass is 79.9. The zero-order valence-corrected chi connectivity index (χ0v) is 20.3. The Hall–Kier alpha value is -4.25. The van der Waals surface area contributed by atoms with Gasteiger partial charge in [0.2, 0.25) is 5.88 Å². The summed E-state index contributed by atoms with van der Waals surface area (Å²) in [5.41, 5.74) is 0.151. The number of carbonyl (C=O) groups excluding carboxylic acids is 1. The SMILES string of the molecule is Cn1c(O)c(C(=O)/C=C/c2ccc(OCc3cn(-c4ccc(Br)cc4)nn3)cc2)c(=O)n(C)c1=O. The molecule has 4 rings (SSSR count). The summed E-state index contributed by atoms with van der Waals surface area (Å²) in [6, 6.07) is 14.6. The molecule has 0 amide bonds. The number of ketones is 1. The van der Waals surface area contributed by atoms with Crippen LogP contribution in [0.25, 0.3) is 11.8 Å². The number of rotatable bonds is 7. The highest BCUT2D eigenvalue weighted by Gasteiger charge is 2.19. The van der Waals surface area contributed by atoms with Crippen LogP contribution in [0.5, 0.6) is 11.6 Å². The Morgan fingerprint density at radius 2 is 1.74 bits per heavy atom. The van der Waals surface area contributed by atoms with E-state index in [9.17, 15) is 19.5 Å². The van der Waals surface area contributed by atoms with Crippen molar-refractivity contribution < 1.29 is 14.6 Å². The second-order valence-electron chi connectivity index (χ2n) is 7.59. The molecule has 4 aromatic rings. The third-order valence-electron chi connectivity index (χ3n) is 5.21. The minimum atomic E-state index is -0.860. The normalized spacial score (nSPS) is 11.2. The number of carbonyl (C=O) groups is 1. The van der Waals surface area contributed by atoms with Gasteiger partial charge in [-0.1, -0.05) is 39.4 Å². The maximum atomic E-state index is 12.5. The van der Waals surface area contributed by atoms with Crippen LogP contribution in [0.2, 0.25) is 0 Å². The van der Waals surface area contributed by atoms with Crippen molar-refractivity contribution in [1.29, 1.82) is 0 Å². The zero-order chi connectivity index (χ0) is 25.1. The summed E-state index contributed by atoms with van der Waals surface area (Å²) in [7, 11) is 2.52. The molecule has 0 spiro atoms. The van der Waals surface area contributed by atoms with Crippen molar-refractivity contribution in [3.8, 4) is 17.3 Å². The smallest absolute Gasteiger partial charge is 0.333 e. The molecule has 0 unspecified atom stereocenters. The molecule has 2 aromatic heterocycles. The van der Waals surface area contributed by atoms with E-state index in [1.165, 1.54) is 20.2 Å². The van der Waals surface area contributed by atoms with E-state index in [4.69, 9.17) is 4.74 Å². The van der Waals surface area contributed by atoms with Gasteiger partial charge in [0, 0.05) is 18.6 Å². The Morgan fingerprint density at radius 3 is 2.43 bits per heavy atom. The van der Waals surface area contributed by atoms with E-state index in [1.807, 2.05) is 24.3 Å². The van der Waals surface area contributed by atoms with Crippen molar-refractivity contribution in [3.05, 3.63) is 103 Å². The summed E-state index contributed by atoms with van der Waals surface area (Å²) >= 11 is 3.40. The van der Waals surface area contributed by atoms with Gasteiger partial charge in [0.25, 0.3) is 5.56 Å². The highest BCUT2D eigenvalue weighted by molar-refractivity contribution is 9.10. The van der Waals surface area contributed by atoms with Crippen LogP contribution in [0, 0.1) is 0 Å². The largest absolute Gasteiger partial charge is 0.494 e. The van der Waals surface area contributed by atoms with Crippen molar-refractivity contribution in [1.82, 2.24) is 24.1 Å². The van der Waals surface area contributed by atoms with Crippen LogP contribution in [-0.4, -0.2) is 35.0 Å². The zero-order valence-electron chi connectivity index (χ0n) is 18.8. The summed E-state index contributed by atoms with van der Waals surface area (Å²) in [5, 5.41) is 18.3. The van der Waals surface area contributed by atoms with Crippen molar-refractivity contribution in [2.24, 2.45) is 14.1 Å². The topological polar surface area (TPSA) is 121 Å². The minimum Gasteiger partial charge on any atom is -0.494 e. The number of nitrogens with zero attached hydrogens (tertiary/aromatic N) is 5. The molecule has 0 fully saturated rings. The van der Waals surface area contributed by atoms with E-state index in [-0.39, 0.29) is 6.61 Å². The van der Waals surface area contributed by atoms with Crippen LogP contribution < -0.4 is 16.0 Å². The lowest BCUT2D eigenvalue weighted by atomic mass is 10.1. The van der Waals surface area contributed by atoms with Crippen LogP contribution >= 0.6 is 15.9 Å². The van der Waals surface area contributed by atoms with Gasteiger partial charge in [-0.3, -0.25) is 18.7 Å². The average molecular weight is 538 g/mol. The van der Waals surface area contributed by atoms with Gasteiger partial charge in [0.05, 0.1) is 11.9 Å². The maximum Gasteiger partial charge on any atom is 0.333 e. The first-order valence-electron chi connectivity index (χ1n) is 10.4. The first-order valence-corrected chi connectivity index (χ1v) is 11.2. The number of ether oxygens (including phenoxy) is 1. The van der Waals surface area contributed by atoms with Crippen LogP contribution in [0.4, 0.5) is 0 Å². The lowest BCUT2D eigenvalue weighted by Crippen LogP contribution is -2.39. The van der Waals surface area contributed by atoms with Gasteiger partial charge in [-0.05, 0) is 48.0 Å². The first kappa shape index (κ1) is 23.9. The molecule has 0 saturated carbocycles. The third kappa shape index (κ3) is 5.14. The molecular weight excluding hydrogens is 518 g/mol. The van der Waals surface area contributed by atoms with E-state index in [0.29, 0.717) is 17.0 Å². The fraction of sp³-hybridized carbons (Fsp3) is 0.125. The highest BCUT2D eigenvalue weighted by Crippen LogP contribution is 2.17. The number of allylic oxidation sites excluding steroid dienone is 1. The second kappa shape index (κ2) is 9.94. The average Bonchev–Trinajstić information content (AvgIpc) is 3.34. The second-order valence-corrected chi connectivity index (χ2v) is 8.51. The molecule has 0 aliphatic rings. The summed E-state index contributed by atoms with van der Waals surface area (Å²) in [6.45, 7) is 0.222. The van der Waals surface area contributed by atoms with Gasteiger partial charge >= 0.3 is 5.69 Å². The Balaban J connectivity index is 1.40. The molecule has 2 aromatic carbocycles. The number of hydrogen-bond donors (Lipinski definition) is 1. The van der Waals surface area contributed by atoms with E-state index in [0.717, 1.165) is 25.4 Å². The Kier molecular flexibility index (Phi) is 6.78. The predicted molar refractivity (Wildman–Crippen MR) is 132 cm³/mol. The summed E-state index contributed by atoms with van der Waals surface area (Å²) < 4.78 is 10.00. The molecule has 0 saturated heterocycles. The number of aromatic hydroxyl groups is 1. The summed E-state index contributed by atoms with van der Waals surface area (Å²) in [6.07, 6.45) is 4.45. The number of hydrogen-bond acceptors (Lipinski definition) is 7. The first-order chi connectivity index (χ1) is 16.7. The van der Waals surface area contributed by atoms with Crippen LogP contribution in [0.1, 0.15) is 21.6 Å². The number of halogens is 1. The van der Waals surface area contributed by atoms with Gasteiger partial charge in [0.15, 0.2) is 5.78 Å². The monoisotopic (exact) mass is 537 g/mol.